The van der Waals surface area contributed by atoms with Crippen LogP contribution in [0.5, 0.6) is 0 Å². The lowest BCUT2D eigenvalue weighted by atomic mass is 9.90. The number of hydrogen-bond acceptors (Lipinski definition) is 3. The second-order valence-corrected chi connectivity index (χ2v) is 5.93. The maximum atomic E-state index is 12.3. The number of nitrogens with two attached hydrogens (primary N) is 1. The zero-order valence-corrected chi connectivity index (χ0v) is 12.6. The quantitative estimate of drug-likeness (QED) is 0.894. The van der Waals surface area contributed by atoms with Crippen LogP contribution >= 0.6 is 15.9 Å². The number of benzene rings is 1. The van der Waals surface area contributed by atoms with Crippen molar-refractivity contribution in [3.05, 3.63) is 34.3 Å². The lowest BCUT2D eigenvalue weighted by Crippen LogP contribution is -2.57. The average Bonchev–Trinajstić information content (AvgIpc) is 2.39. The highest BCUT2D eigenvalue weighted by Gasteiger charge is 2.36. The maximum absolute atomic E-state index is 12.3. The molecular weight excluding hydrogens is 308 g/mol. The van der Waals surface area contributed by atoms with Gasteiger partial charge in [0, 0.05) is 17.7 Å². The van der Waals surface area contributed by atoms with Crippen molar-refractivity contribution in [1.29, 1.82) is 0 Å². The van der Waals surface area contributed by atoms with Gasteiger partial charge in [-0.05, 0) is 37.5 Å². The van der Waals surface area contributed by atoms with E-state index in [0.717, 1.165) is 10.0 Å². The largest absolute Gasteiger partial charge is 0.381 e. The molecule has 2 rings (SSSR count). The molecule has 19 heavy (non-hydrogen) atoms. The summed E-state index contributed by atoms with van der Waals surface area (Å²) in [5.41, 5.74) is 6.42. The summed E-state index contributed by atoms with van der Waals surface area (Å²) in [6, 6.07) is 7.84. The number of carbonyl (C=O) groups excluding carboxylic acids is 1. The van der Waals surface area contributed by atoms with Gasteiger partial charge in [-0.3, -0.25) is 4.79 Å². The Labute approximate surface area is 121 Å². The van der Waals surface area contributed by atoms with Crippen LogP contribution in [0.15, 0.2) is 28.7 Å². The topological polar surface area (TPSA) is 64.4 Å². The maximum Gasteiger partial charge on any atom is 0.240 e. The molecule has 1 heterocycles. The van der Waals surface area contributed by atoms with Crippen LogP contribution in [0.3, 0.4) is 0 Å². The van der Waals surface area contributed by atoms with Crippen LogP contribution in [0.1, 0.15) is 31.4 Å². The molecule has 0 spiro atoms. The van der Waals surface area contributed by atoms with E-state index in [2.05, 4.69) is 21.2 Å². The van der Waals surface area contributed by atoms with Crippen LogP contribution in [0, 0.1) is 0 Å². The van der Waals surface area contributed by atoms with Crippen molar-refractivity contribution < 1.29 is 9.53 Å². The van der Waals surface area contributed by atoms with Crippen LogP contribution in [0.2, 0.25) is 0 Å². The molecule has 0 bridgehead atoms. The van der Waals surface area contributed by atoms with Gasteiger partial charge < -0.3 is 15.8 Å². The van der Waals surface area contributed by atoms with E-state index in [9.17, 15) is 4.79 Å². The second kappa shape index (κ2) is 6.03. The first-order valence-corrected chi connectivity index (χ1v) is 7.24. The van der Waals surface area contributed by atoms with Gasteiger partial charge in [0.15, 0.2) is 0 Å². The van der Waals surface area contributed by atoms with Crippen LogP contribution < -0.4 is 11.1 Å². The van der Waals surface area contributed by atoms with Crippen LogP contribution in [-0.2, 0) is 9.53 Å². The Balaban J connectivity index is 2.02. The lowest BCUT2D eigenvalue weighted by molar-refractivity contribution is -0.130. The molecule has 1 atom stereocenters. The van der Waals surface area contributed by atoms with E-state index in [-0.39, 0.29) is 11.9 Å². The molecule has 104 valence electrons. The molecule has 0 aromatic heterocycles. The van der Waals surface area contributed by atoms with E-state index < -0.39 is 5.54 Å². The molecule has 0 saturated carbocycles. The van der Waals surface area contributed by atoms with E-state index in [1.807, 2.05) is 31.2 Å². The molecule has 1 fully saturated rings. The van der Waals surface area contributed by atoms with Crippen molar-refractivity contribution in [1.82, 2.24) is 5.32 Å². The molecule has 1 amide bonds. The van der Waals surface area contributed by atoms with Gasteiger partial charge in [-0.25, -0.2) is 0 Å². The Hall–Kier alpha value is -0.910. The van der Waals surface area contributed by atoms with Crippen molar-refractivity contribution in [3.8, 4) is 0 Å². The first-order chi connectivity index (χ1) is 9.01. The molecule has 1 aromatic rings. The minimum atomic E-state index is -0.793. The number of nitrogens with one attached hydrogen (secondary N) is 1. The van der Waals surface area contributed by atoms with E-state index >= 15 is 0 Å². The van der Waals surface area contributed by atoms with Crippen molar-refractivity contribution in [2.75, 3.05) is 13.2 Å². The van der Waals surface area contributed by atoms with E-state index in [1.54, 1.807) is 0 Å². The highest BCUT2D eigenvalue weighted by Crippen LogP contribution is 2.21. The van der Waals surface area contributed by atoms with Gasteiger partial charge in [-0.2, -0.15) is 0 Å². The third-order valence-electron chi connectivity index (χ3n) is 3.53. The summed E-state index contributed by atoms with van der Waals surface area (Å²) in [6.07, 6.45) is 1.15. The molecule has 1 saturated heterocycles. The minimum Gasteiger partial charge on any atom is -0.381 e. The number of halogens is 1. The number of rotatable bonds is 3. The van der Waals surface area contributed by atoms with Crippen molar-refractivity contribution in [3.63, 3.8) is 0 Å². The molecule has 5 heteroatoms. The van der Waals surface area contributed by atoms with Crippen molar-refractivity contribution in [2.24, 2.45) is 5.73 Å². The third kappa shape index (κ3) is 3.55. The Morgan fingerprint density at radius 2 is 2.16 bits per heavy atom. The molecule has 3 N–H and O–H groups in total. The Morgan fingerprint density at radius 1 is 1.47 bits per heavy atom. The van der Waals surface area contributed by atoms with Gasteiger partial charge in [0.25, 0.3) is 0 Å². The predicted molar refractivity (Wildman–Crippen MR) is 77.7 cm³/mol. The van der Waals surface area contributed by atoms with Crippen LogP contribution in [-0.4, -0.2) is 24.7 Å². The van der Waals surface area contributed by atoms with Gasteiger partial charge >= 0.3 is 0 Å². The number of amides is 1. The minimum absolute atomic E-state index is 0.0618. The van der Waals surface area contributed by atoms with Gasteiger partial charge in [0.1, 0.15) is 0 Å². The van der Waals surface area contributed by atoms with Gasteiger partial charge in [0.2, 0.25) is 5.91 Å². The van der Waals surface area contributed by atoms with Crippen LogP contribution in [0.25, 0.3) is 0 Å². The summed E-state index contributed by atoms with van der Waals surface area (Å²) in [7, 11) is 0. The highest BCUT2D eigenvalue weighted by molar-refractivity contribution is 9.10. The summed E-state index contributed by atoms with van der Waals surface area (Å²) in [5, 5.41) is 2.99. The van der Waals surface area contributed by atoms with E-state index in [4.69, 9.17) is 10.5 Å². The normalized spacial score (nSPS) is 19.7. The zero-order valence-electron chi connectivity index (χ0n) is 11.0. The smallest absolute Gasteiger partial charge is 0.240 e. The lowest BCUT2D eigenvalue weighted by Gasteiger charge is -2.33. The second-order valence-electron chi connectivity index (χ2n) is 5.02. The molecule has 4 nitrogen and oxygen atoms in total. The fraction of sp³-hybridized carbons (Fsp3) is 0.500. The Morgan fingerprint density at radius 3 is 2.79 bits per heavy atom. The molecule has 0 aliphatic carbocycles. The predicted octanol–water partition coefficient (Wildman–Crippen LogP) is 2.13. The monoisotopic (exact) mass is 326 g/mol. The molecule has 0 radical (unpaired) electrons. The van der Waals surface area contributed by atoms with Crippen molar-refractivity contribution in [2.45, 2.75) is 31.3 Å². The third-order valence-corrected chi connectivity index (χ3v) is 4.03. The summed E-state index contributed by atoms with van der Waals surface area (Å²) in [5.74, 6) is -0.0942. The summed E-state index contributed by atoms with van der Waals surface area (Å²) in [4.78, 5) is 12.3. The van der Waals surface area contributed by atoms with Gasteiger partial charge in [-0.15, -0.1) is 0 Å². The van der Waals surface area contributed by atoms with Crippen LogP contribution in [0.4, 0.5) is 0 Å². The first-order valence-electron chi connectivity index (χ1n) is 6.44. The standard InChI is InChI=1S/C14H19BrN2O2/c1-10(11-3-2-4-12(15)9-11)17-13(18)14(16)5-7-19-8-6-14/h2-4,9-10H,5-8,16H2,1H3,(H,17,18)/t10-/m0/s1. The van der Waals surface area contributed by atoms with E-state index in [0.29, 0.717) is 26.1 Å². The summed E-state index contributed by atoms with van der Waals surface area (Å²) in [6.45, 7) is 3.06. The summed E-state index contributed by atoms with van der Waals surface area (Å²) < 4.78 is 6.25. The number of carbonyl (C=O) groups is 1. The van der Waals surface area contributed by atoms with Gasteiger partial charge in [-0.1, -0.05) is 28.1 Å². The molecule has 0 unspecified atom stereocenters. The molecule has 1 aromatic carbocycles. The first kappa shape index (κ1) is 14.5. The molecule has 1 aliphatic heterocycles. The SMILES string of the molecule is C[C@H](NC(=O)C1(N)CCOCC1)c1cccc(Br)c1. The Kier molecular flexibility index (Phi) is 4.60. The summed E-state index contributed by atoms with van der Waals surface area (Å²) >= 11 is 3.43. The number of ether oxygens (including phenoxy) is 1. The molecule has 1 aliphatic rings. The Bertz CT molecular complexity index is 459. The fourth-order valence-corrected chi connectivity index (χ4v) is 2.58. The fourth-order valence-electron chi connectivity index (χ4n) is 2.16. The van der Waals surface area contributed by atoms with Crippen molar-refractivity contribution >= 4 is 21.8 Å². The number of hydrogen-bond donors (Lipinski definition) is 2. The highest BCUT2D eigenvalue weighted by atomic mass is 79.9. The van der Waals surface area contributed by atoms with Gasteiger partial charge in [0.05, 0.1) is 11.6 Å². The zero-order chi connectivity index (χ0) is 13.9. The van der Waals surface area contributed by atoms with E-state index in [1.165, 1.54) is 0 Å². The average molecular weight is 327 g/mol. The molecular formula is C14H19BrN2O2.